The smallest absolute Gasteiger partial charge is 0.420 e. The predicted molar refractivity (Wildman–Crippen MR) is 128 cm³/mol. The molecule has 3 aliphatic rings. The first kappa shape index (κ1) is 25.3. The van der Waals surface area contributed by atoms with Crippen molar-refractivity contribution < 1.29 is 32.2 Å². The van der Waals surface area contributed by atoms with Gasteiger partial charge in [0.25, 0.3) is 0 Å². The molecular weight excluding hydrogens is 474 g/mol. The molecule has 3 unspecified atom stereocenters. The molecule has 5 rings (SSSR count). The normalized spacial score (nSPS) is 29.9. The van der Waals surface area contributed by atoms with Crippen LogP contribution >= 0.6 is 0 Å². The number of carbonyl (C=O) groups is 1. The van der Waals surface area contributed by atoms with E-state index in [2.05, 4.69) is 11.8 Å². The van der Waals surface area contributed by atoms with E-state index in [-0.39, 0.29) is 40.3 Å². The summed E-state index contributed by atoms with van der Waals surface area (Å²) < 4.78 is 64.4. The summed E-state index contributed by atoms with van der Waals surface area (Å²) in [5, 5.41) is 9.60. The summed E-state index contributed by atoms with van der Waals surface area (Å²) in [6, 6.07) is 4.87. The summed E-state index contributed by atoms with van der Waals surface area (Å²) in [5.41, 5.74) is -0.637. The fourth-order valence-corrected chi connectivity index (χ4v) is 6.79. The molecule has 2 aromatic rings. The first-order valence-corrected chi connectivity index (χ1v) is 13.0. The van der Waals surface area contributed by atoms with E-state index in [4.69, 9.17) is 4.74 Å². The van der Waals surface area contributed by atoms with Crippen LogP contribution in [0.25, 0.3) is 10.8 Å². The van der Waals surface area contributed by atoms with Gasteiger partial charge in [-0.3, -0.25) is 9.69 Å². The molecule has 1 aliphatic carbocycles. The van der Waals surface area contributed by atoms with Crippen molar-refractivity contribution in [2.75, 3.05) is 0 Å². The van der Waals surface area contributed by atoms with Crippen LogP contribution < -0.4 is 4.74 Å². The number of hydrogen-bond donors (Lipinski definition) is 1. The molecule has 2 aromatic carbocycles. The molecule has 1 N–H and O–H groups in total. The van der Waals surface area contributed by atoms with Crippen LogP contribution in [0.15, 0.2) is 24.3 Å². The van der Waals surface area contributed by atoms with E-state index in [1.165, 1.54) is 24.3 Å². The van der Waals surface area contributed by atoms with Crippen LogP contribution in [-0.4, -0.2) is 34.2 Å². The second-order valence-electron chi connectivity index (χ2n) is 11.0. The number of carboxylic acid groups (broad SMARTS) is 1. The summed E-state index contributed by atoms with van der Waals surface area (Å²) in [6.45, 7) is 3.95. The van der Waals surface area contributed by atoms with E-state index in [9.17, 15) is 23.1 Å². The SMILES string of the molecule is CC1CCC(Oc2ccc3cc(F)c(C(C)N4C5CCC4CC(C(=O)O)C5)cc3c2C(F)(F)F)CC1. The van der Waals surface area contributed by atoms with Crippen molar-refractivity contribution in [3.05, 3.63) is 41.2 Å². The van der Waals surface area contributed by atoms with Gasteiger partial charge >= 0.3 is 12.1 Å². The van der Waals surface area contributed by atoms with Crippen LogP contribution in [-0.2, 0) is 11.0 Å². The van der Waals surface area contributed by atoms with E-state index < -0.39 is 35.5 Å². The lowest BCUT2D eigenvalue weighted by Crippen LogP contribution is -2.46. The second kappa shape index (κ2) is 9.51. The molecule has 3 atom stereocenters. The third-order valence-corrected chi connectivity index (χ3v) is 8.67. The molecule has 4 nitrogen and oxygen atoms in total. The zero-order valence-electron chi connectivity index (χ0n) is 20.7. The first-order chi connectivity index (χ1) is 17.0. The summed E-state index contributed by atoms with van der Waals surface area (Å²) >= 11 is 0. The Morgan fingerprint density at radius 1 is 1.06 bits per heavy atom. The van der Waals surface area contributed by atoms with E-state index in [0.717, 1.165) is 38.5 Å². The highest BCUT2D eigenvalue weighted by Gasteiger charge is 2.45. The predicted octanol–water partition coefficient (Wildman–Crippen LogP) is 7.34. The fourth-order valence-electron chi connectivity index (χ4n) is 6.79. The number of rotatable bonds is 5. The maximum atomic E-state index is 15.3. The van der Waals surface area contributed by atoms with Crippen molar-refractivity contribution in [3.63, 3.8) is 0 Å². The molecule has 3 fully saturated rings. The second-order valence-corrected chi connectivity index (χ2v) is 11.0. The van der Waals surface area contributed by atoms with Gasteiger partial charge in [-0.05, 0) is 93.2 Å². The Kier molecular flexibility index (Phi) is 6.68. The standard InChI is InChI=1S/C28H33F4NO3/c1-15-3-8-21(9-4-15)36-25-10-5-17-13-24(29)22(14-23(17)26(25)28(30,31)32)16(2)33-19-6-7-20(33)12-18(11-19)27(34)35/h5,10,13-16,18-21H,3-4,6-9,11-12H2,1-2H3,(H,34,35). The Labute approximate surface area is 208 Å². The van der Waals surface area contributed by atoms with Crippen molar-refractivity contribution in [1.82, 2.24) is 4.90 Å². The highest BCUT2D eigenvalue weighted by Crippen LogP contribution is 2.47. The molecule has 8 heteroatoms. The number of hydrogen-bond acceptors (Lipinski definition) is 3. The lowest BCUT2D eigenvalue weighted by Gasteiger charge is -2.41. The third kappa shape index (κ3) is 4.69. The zero-order chi connectivity index (χ0) is 25.8. The molecule has 0 spiro atoms. The van der Waals surface area contributed by atoms with Gasteiger partial charge in [-0.15, -0.1) is 0 Å². The lowest BCUT2D eigenvalue weighted by atomic mass is 9.88. The average Bonchev–Trinajstić information content (AvgIpc) is 3.07. The Balaban J connectivity index is 1.51. The molecular formula is C28H33F4NO3. The zero-order valence-corrected chi connectivity index (χ0v) is 20.7. The van der Waals surface area contributed by atoms with Gasteiger partial charge in [-0.1, -0.05) is 13.0 Å². The number of nitrogens with zero attached hydrogens (tertiary/aromatic N) is 1. The number of piperidine rings is 1. The van der Waals surface area contributed by atoms with Gasteiger partial charge in [0.1, 0.15) is 17.1 Å². The number of ether oxygens (including phenoxy) is 1. The highest BCUT2D eigenvalue weighted by atomic mass is 19.4. The minimum absolute atomic E-state index is 0.0135. The summed E-state index contributed by atoms with van der Waals surface area (Å²) in [6.07, 6.45) is 0.974. The molecule has 0 amide bonds. The highest BCUT2D eigenvalue weighted by molar-refractivity contribution is 5.89. The molecule has 1 saturated carbocycles. The Morgan fingerprint density at radius 2 is 1.69 bits per heavy atom. The van der Waals surface area contributed by atoms with Gasteiger partial charge in [0, 0.05) is 23.7 Å². The molecule has 2 bridgehead atoms. The Bertz CT molecular complexity index is 1130. The fraction of sp³-hybridized carbons (Fsp3) is 0.607. The number of halogens is 4. The van der Waals surface area contributed by atoms with E-state index in [0.29, 0.717) is 18.8 Å². The van der Waals surface area contributed by atoms with Crippen LogP contribution in [0.3, 0.4) is 0 Å². The quantitative estimate of drug-likeness (QED) is 0.430. The van der Waals surface area contributed by atoms with Gasteiger partial charge in [-0.25, -0.2) is 4.39 Å². The maximum absolute atomic E-state index is 15.3. The van der Waals surface area contributed by atoms with Gasteiger partial charge in [0.2, 0.25) is 0 Å². The summed E-state index contributed by atoms with van der Waals surface area (Å²) in [7, 11) is 0. The average molecular weight is 508 g/mol. The topological polar surface area (TPSA) is 49.8 Å². The van der Waals surface area contributed by atoms with Crippen molar-refractivity contribution in [2.45, 2.75) is 95.6 Å². The van der Waals surface area contributed by atoms with E-state index >= 15 is 4.39 Å². The van der Waals surface area contributed by atoms with Crippen LogP contribution in [0.5, 0.6) is 5.75 Å². The van der Waals surface area contributed by atoms with Crippen molar-refractivity contribution >= 4 is 16.7 Å². The van der Waals surface area contributed by atoms with E-state index in [1.807, 2.05) is 6.92 Å². The minimum Gasteiger partial charge on any atom is -0.490 e. The van der Waals surface area contributed by atoms with Crippen molar-refractivity contribution in [2.24, 2.45) is 11.8 Å². The Hall–Kier alpha value is -2.35. The summed E-state index contributed by atoms with van der Waals surface area (Å²) in [5.74, 6) is -1.43. The van der Waals surface area contributed by atoms with Gasteiger partial charge in [0.05, 0.1) is 12.0 Å². The van der Waals surface area contributed by atoms with Crippen molar-refractivity contribution in [1.29, 1.82) is 0 Å². The largest absolute Gasteiger partial charge is 0.490 e. The molecule has 196 valence electrons. The number of aliphatic carboxylic acids is 1. The summed E-state index contributed by atoms with van der Waals surface area (Å²) in [4.78, 5) is 13.7. The van der Waals surface area contributed by atoms with Crippen molar-refractivity contribution in [3.8, 4) is 5.75 Å². The molecule has 0 radical (unpaired) electrons. The van der Waals surface area contributed by atoms with E-state index in [1.54, 1.807) is 0 Å². The molecule has 2 aliphatic heterocycles. The number of fused-ring (bicyclic) bond motifs is 3. The minimum atomic E-state index is -4.66. The molecule has 36 heavy (non-hydrogen) atoms. The maximum Gasteiger partial charge on any atom is 0.420 e. The van der Waals surface area contributed by atoms with Gasteiger partial charge < -0.3 is 9.84 Å². The monoisotopic (exact) mass is 507 g/mol. The number of carboxylic acids is 1. The van der Waals surface area contributed by atoms with Crippen LogP contribution in [0.2, 0.25) is 0 Å². The van der Waals surface area contributed by atoms with Gasteiger partial charge in [0.15, 0.2) is 0 Å². The number of benzene rings is 2. The lowest BCUT2D eigenvalue weighted by molar-refractivity contribution is -0.144. The van der Waals surface area contributed by atoms with Crippen LogP contribution in [0.4, 0.5) is 17.6 Å². The molecule has 0 aromatic heterocycles. The first-order valence-electron chi connectivity index (χ1n) is 13.0. The molecule has 2 saturated heterocycles. The Morgan fingerprint density at radius 3 is 2.28 bits per heavy atom. The van der Waals surface area contributed by atoms with Gasteiger partial charge in [-0.2, -0.15) is 13.2 Å². The third-order valence-electron chi connectivity index (χ3n) is 8.67. The number of alkyl halides is 3. The van der Waals surface area contributed by atoms with Crippen LogP contribution in [0.1, 0.15) is 82.4 Å². The molecule has 2 heterocycles. The van der Waals surface area contributed by atoms with Crippen LogP contribution in [0, 0.1) is 17.7 Å².